The number of rotatable bonds is 7. The van der Waals surface area contributed by atoms with E-state index in [0.717, 1.165) is 12.8 Å². The Morgan fingerprint density at radius 3 is 2.57 bits per heavy atom. The quantitative estimate of drug-likeness (QED) is 0.637. The van der Waals surface area contributed by atoms with Crippen LogP contribution in [0.5, 0.6) is 0 Å². The van der Waals surface area contributed by atoms with Gasteiger partial charge in [-0.25, -0.2) is 0 Å². The molecular weight excluding hydrogens is 180 g/mol. The van der Waals surface area contributed by atoms with Crippen molar-refractivity contribution >= 4 is 5.91 Å². The minimum Gasteiger partial charge on any atom is -0.383 e. The lowest BCUT2D eigenvalue weighted by Crippen LogP contribution is -2.46. The van der Waals surface area contributed by atoms with Crippen molar-refractivity contribution in [2.45, 2.75) is 45.2 Å². The molecular formula is C10H22N2O2. The van der Waals surface area contributed by atoms with Crippen LogP contribution in [0.3, 0.4) is 0 Å². The molecule has 0 aromatic carbocycles. The van der Waals surface area contributed by atoms with Crippen LogP contribution in [0, 0.1) is 0 Å². The fourth-order valence-corrected chi connectivity index (χ4v) is 1.24. The van der Waals surface area contributed by atoms with E-state index in [2.05, 4.69) is 12.2 Å². The van der Waals surface area contributed by atoms with Gasteiger partial charge in [0.25, 0.3) is 0 Å². The Morgan fingerprint density at radius 2 is 2.14 bits per heavy atom. The van der Waals surface area contributed by atoms with Gasteiger partial charge >= 0.3 is 0 Å². The molecule has 0 radical (unpaired) electrons. The van der Waals surface area contributed by atoms with Crippen molar-refractivity contribution in [3.05, 3.63) is 0 Å². The lowest BCUT2D eigenvalue weighted by Gasteiger charge is -2.19. The first-order valence-corrected chi connectivity index (χ1v) is 5.20. The molecule has 14 heavy (non-hydrogen) atoms. The smallest absolute Gasteiger partial charge is 0.237 e. The molecule has 0 aromatic rings. The summed E-state index contributed by atoms with van der Waals surface area (Å²) in [6.07, 6.45) is 2.61. The third kappa shape index (κ3) is 5.19. The van der Waals surface area contributed by atoms with Gasteiger partial charge in [0.1, 0.15) is 0 Å². The van der Waals surface area contributed by atoms with Gasteiger partial charge in [0.15, 0.2) is 0 Å². The lowest BCUT2D eigenvalue weighted by molar-refractivity contribution is -0.123. The van der Waals surface area contributed by atoms with E-state index in [0.29, 0.717) is 13.0 Å². The summed E-state index contributed by atoms with van der Waals surface area (Å²) in [7, 11) is 1.63. The van der Waals surface area contributed by atoms with Crippen LogP contribution in [-0.2, 0) is 9.53 Å². The first-order valence-electron chi connectivity index (χ1n) is 5.20. The molecule has 4 heteroatoms. The minimum absolute atomic E-state index is 0.0806. The topological polar surface area (TPSA) is 64.3 Å². The molecule has 2 atom stereocenters. The van der Waals surface area contributed by atoms with Crippen molar-refractivity contribution in [1.82, 2.24) is 5.32 Å². The van der Waals surface area contributed by atoms with Crippen molar-refractivity contribution in [3.8, 4) is 0 Å². The molecule has 0 aliphatic rings. The van der Waals surface area contributed by atoms with E-state index in [4.69, 9.17) is 10.5 Å². The van der Waals surface area contributed by atoms with Crippen molar-refractivity contribution in [2.24, 2.45) is 5.73 Å². The summed E-state index contributed by atoms with van der Waals surface area (Å²) in [4.78, 5) is 11.4. The maximum absolute atomic E-state index is 11.4. The maximum Gasteiger partial charge on any atom is 0.237 e. The Labute approximate surface area is 86.2 Å². The van der Waals surface area contributed by atoms with Gasteiger partial charge in [-0.05, 0) is 12.8 Å². The van der Waals surface area contributed by atoms with Gasteiger partial charge in [-0.2, -0.15) is 0 Å². The van der Waals surface area contributed by atoms with E-state index >= 15 is 0 Å². The molecule has 3 N–H and O–H groups in total. The largest absolute Gasteiger partial charge is 0.383 e. The second kappa shape index (κ2) is 7.76. The highest BCUT2D eigenvalue weighted by atomic mass is 16.5. The van der Waals surface area contributed by atoms with Gasteiger partial charge in [0.2, 0.25) is 5.91 Å². The van der Waals surface area contributed by atoms with Crippen LogP contribution >= 0.6 is 0 Å². The number of hydrogen-bond donors (Lipinski definition) is 2. The predicted octanol–water partition coefficient (Wildman–Crippen LogP) is 0.655. The Kier molecular flexibility index (Phi) is 7.42. The highest BCUT2D eigenvalue weighted by Crippen LogP contribution is 1.98. The molecule has 0 heterocycles. The van der Waals surface area contributed by atoms with E-state index in [9.17, 15) is 4.79 Å². The number of ether oxygens (including phenoxy) is 1. The van der Waals surface area contributed by atoms with Crippen LogP contribution < -0.4 is 11.1 Å². The van der Waals surface area contributed by atoms with Crippen LogP contribution in [0.15, 0.2) is 0 Å². The fourth-order valence-electron chi connectivity index (χ4n) is 1.24. The highest BCUT2D eigenvalue weighted by Gasteiger charge is 2.15. The number of carbonyl (C=O) groups excluding carboxylic acids is 1. The van der Waals surface area contributed by atoms with Gasteiger partial charge in [0, 0.05) is 7.11 Å². The second-order valence-corrected chi connectivity index (χ2v) is 3.46. The molecule has 0 spiro atoms. The molecule has 0 fully saturated rings. The van der Waals surface area contributed by atoms with Crippen LogP contribution in [0.4, 0.5) is 0 Å². The third-order valence-electron chi connectivity index (χ3n) is 2.13. The van der Waals surface area contributed by atoms with Gasteiger partial charge in [-0.1, -0.05) is 20.3 Å². The predicted molar refractivity (Wildman–Crippen MR) is 57.0 cm³/mol. The van der Waals surface area contributed by atoms with Crippen molar-refractivity contribution in [3.63, 3.8) is 0 Å². The monoisotopic (exact) mass is 202 g/mol. The van der Waals surface area contributed by atoms with E-state index in [1.165, 1.54) is 0 Å². The van der Waals surface area contributed by atoms with Crippen molar-refractivity contribution in [2.75, 3.05) is 13.7 Å². The standard InChI is InChI=1S/C10H22N2O2/c1-4-6-8(7-14-3)12-10(13)9(11)5-2/h8-9H,4-7,11H2,1-3H3,(H,12,13)/t8?,9-/m0/s1. The first kappa shape index (κ1) is 13.4. The molecule has 0 bridgehead atoms. The zero-order chi connectivity index (χ0) is 11.0. The fraction of sp³-hybridized carbons (Fsp3) is 0.900. The van der Waals surface area contributed by atoms with Gasteiger partial charge < -0.3 is 15.8 Å². The summed E-state index contributed by atoms with van der Waals surface area (Å²) < 4.78 is 5.02. The zero-order valence-electron chi connectivity index (χ0n) is 9.38. The molecule has 0 aliphatic carbocycles. The third-order valence-corrected chi connectivity index (χ3v) is 2.13. The number of nitrogens with two attached hydrogens (primary N) is 1. The minimum atomic E-state index is -0.397. The molecule has 84 valence electrons. The van der Waals surface area contributed by atoms with Crippen LogP contribution in [0.25, 0.3) is 0 Å². The lowest BCUT2D eigenvalue weighted by atomic mass is 10.1. The summed E-state index contributed by atoms with van der Waals surface area (Å²) in [5.41, 5.74) is 5.60. The summed E-state index contributed by atoms with van der Waals surface area (Å²) >= 11 is 0. The molecule has 4 nitrogen and oxygen atoms in total. The van der Waals surface area contributed by atoms with Crippen LogP contribution in [-0.4, -0.2) is 31.7 Å². The average molecular weight is 202 g/mol. The average Bonchev–Trinajstić information content (AvgIpc) is 2.17. The summed E-state index contributed by atoms with van der Waals surface area (Å²) in [6, 6.07) is -0.304. The summed E-state index contributed by atoms with van der Waals surface area (Å²) in [5, 5.41) is 2.88. The highest BCUT2D eigenvalue weighted by molar-refractivity contribution is 5.81. The molecule has 0 aromatic heterocycles. The maximum atomic E-state index is 11.4. The molecule has 1 unspecified atom stereocenters. The zero-order valence-corrected chi connectivity index (χ0v) is 9.38. The molecule has 1 amide bonds. The number of methoxy groups -OCH3 is 1. The normalized spacial score (nSPS) is 14.9. The van der Waals surface area contributed by atoms with E-state index < -0.39 is 6.04 Å². The number of hydrogen-bond acceptors (Lipinski definition) is 3. The number of carbonyl (C=O) groups is 1. The molecule has 0 rings (SSSR count). The summed E-state index contributed by atoms with van der Waals surface area (Å²) in [6.45, 7) is 4.53. The van der Waals surface area contributed by atoms with E-state index in [1.54, 1.807) is 7.11 Å². The second-order valence-electron chi connectivity index (χ2n) is 3.46. The Bertz CT molecular complexity index is 156. The van der Waals surface area contributed by atoms with E-state index in [1.807, 2.05) is 6.92 Å². The van der Waals surface area contributed by atoms with Crippen LogP contribution in [0.2, 0.25) is 0 Å². The Hall–Kier alpha value is -0.610. The first-order chi connectivity index (χ1) is 6.65. The molecule has 0 aliphatic heterocycles. The Morgan fingerprint density at radius 1 is 1.50 bits per heavy atom. The molecule has 0 saturated carbocycles. The molecule has 0 saturated heterocycles. The van der Waals surface area contributed by atoms with Crippen molar-refractivity contribution in [1.29, 1.82) is 0 Å². The SMILES string of the molecule is CCCC(COC)NC(=O)[C@@H](N)CC. The van der Waals surface area contributed by atoms with E-state index in [-0.39, 0.29) is 11.9 Å². The number of amides is 1. The number of nitrogens with one attached hydrogen (secondary N) is 1. The van der Waals surface area contributed by atoms with Gasteiger partial charge in [-0.15, -0.1) is 0 Å². The van der Waals surface area contributed by atoms with Crippen LogP contribution in [0.1, 0.15) is 33.1 Å². The van der Waals surface area contributed by atoms with Crippen molar-refractivity contribution < 1.29 is 9.53 Å². The van der Waals surface area contributed by atoms with Gasteiger partial charge in [-0.3, -0.25) is 4.79 Å². The van der Waals surface area contributed by atoms with Gasteiger partial charge in [0.05, 0.1) is 18.7 Å². The summed E-state index contributed by atoms with van der Waals surface area (Å²) in [5.74, 6) is -0.0806. The Balaban J connectivity index is 3.94.